The third-order valence-electron chi connectivity index (χ3n) is 4.90. The molecule has 8 heteroatoms. The summed E-state index contributed by atoms with van der Waals surface area (Å²) in [7, 11) is -3.41. The Labute approximate surface area is 183 Å². The van der Waals surface area contributed by atoms with E-state index in [9.17, 15) is 13.2 Å². The monoisotopic (exact) mass is 448 g/mol. The lowest BCUT2D eigenvalue weighted by atomic mass is 10.2. The van der Waals surface area contributed by atoms with Crippen LogP contribution < -0.4 is 10.1 Å². The first-order chi connectivity index (χ1) is 14.4. The van der Waals surface area contributed by atoms with Crippen molar-refractivity contribution in [2.75, 3.05) is 26.2 Å². The molecule has 1 amide bonds. The van der Waals surface area contributed by atoms with Crippen molar-refractivity contribution < 1.29 is 17.9 Å². The third-order valence-corrected chi connectivity index (χ3v) is 7.92. The van der Waals surface area contributed by atoms with Crippen LogP contribution in [0.1, 0.15) is 25.3 Å². The van der Waals surface area contributed by atoms with E-state index in [4.69, 9.17) is 4.74 Å². The predicted molar refractivity (Wildman–Crippen MR) is 119 cm³/mol. The molecule has 1 saturated heterocycles. The van der Waals surface area contributed by atoms with E-state index in [1.165, 1.54) is 21.6 Å². The highest BCUT2D eigenvalue weighted by atomic mass is 32.2. The molecule has 30 heavy (non-hydrogen) atoms. The van der Waals surface area contributed by atoms with Crippen LogP contribution >= 0.6 is 11.8 Å². The molecule has 3 rings (SSSR count). The first-order valence-corrected chi connectivity index (χ1v) is 12.4. The maximum absolute atomic E-state index is 12.5. The average Bonchev–Trinajstić information content (AvgIpc) is 3.29. The number of aryl methyl sites for hydroxylation is 1. The van der Waals surface area contributed by atoms with Gasteiger partial charge in [-0.2, -0.15) is 4.31 Å². The molecule has 0 spiro atoms. The average molecular weight is 449 g/mol. The van der Waals surface area contributed by atoms with Gasteiger partial charge in [0.25, 0.3) is 0 Å². The zero-order valence-electron chi connectivity index (χ0n) is 17.3. The standard InChI is InChI=1S/C22H28N2O4S2/c1-17-5-9-20(10-6-17)29-18(2)22(25)23-13-16-28-19-7-11-21(12-8-19)30(26,27)24-14-3-4-15-24/h5-12,18H,3-4,13-16H2,1-2H3,(H,23,25)/t18-/m1/s1. The quantitative estimate of drug-likeness (QED) is 0.470. The van der Waals surface area contributed by atoms with Gasteiger partial charge < -0.3 is 10.1 Å². The minimum atomic E-state index is -3.41. The second-order valence-corrected chi connectivity index (χ2v) is 10.6. The molecule has 2 aromatic carbocycles. The summed E-state index contributed by atoms with van der Waals surface area (Å²) in [6.45, 7) is 5.77. The molecule has 1 fully saturated rings. The highest BCUT2D eigenvalue weighted by Gasteiger charge is 2.26. The van der Waals surface area contributed by atoms with Gasteiger partial charge in [0, 0.05) is 18.0 Å². The number of benzene rings is 2. The Bertz CT molecular complexity index is 938. The van der Waals surface area contributed by atoms with Gasteiger partial charge in [-0.1, -0.05) is 17.7 Å². The Morgan fingerprint density at radius 1 is 1.10 bits per heavy atom. The lowest BCUT2D eigenvalue weighted by Crippen LogP contribution is -2.33. The van der Waals surface area contributed by atoms with Crippen molar-refractivity contribution in [2.45, 2.75) is 41.7 Å². The van der Waals surface area contributed by atoms with Gasteiger partial charge in [0.1, 0.15) is 12.4 Å². The molecular weight excluding hydrogens is 420 g/mol. The number of nitrogens with one attached hydrogen (secondary N) is 1. The van der Waals surface area contributed by atoms with E-state index in [2.05, 4.69) is 5.32 Å². The summed E-state index contributed by atoms with van der Waals surface area (Å²) in [5.41, 5.74) is 1.19. The van der Waals surface area contributed by atoms with Crippen molar-refractivity contribution in [3.05, 3.63) is 54.1 Å². The first-order valence-electron chi connectivity index (χ1n) is 10.1. The van der Waals surface area contributed by atoms with Gasteiger partial charge in [-0.15, -0.1) is 11.8 Å². The highest BCUT2D eigenvalue weighted by Crippen LogP contribution is 2.24. The topological polar surface area (TPSA) is 75.7 Å². The number of ether oxygens (including phenoxy) is 1. The Balaban J connectivity index is 1.41. The van der Waals surface area contributed by atoms with Crippen molar-refractivity contribution in [3.63, 3.8) is 0 Å². The molecule has 0 bridgehead atoms. The summed E-state index contributed by atoms with van der Waals surface area (Å²) in [5, 5.41) is 2.66. The maximum Gasteiger partial charge on any atom is 0.243 e. The van der Waals surface area contributed by atoms with Crippen LogP contribution in [0.3, 0.4) is 0 Å². The van der Waals surface area contributed by atoms with Gasteiger partial charge in [-0.05, 0) is 63.1 Å². The number of carbonyl (C=O) groups excluding carboxylic acids is 1. The number of sulfonamides is 1. The number of hydrogen-bond donors (Lipinski definition) is 1. The minimum Gasteiger partial charge on any atom is -0.492 e. The third kappa shape index (κ3) is 6.00. The number of rotatable bonds is 9. The highest BCUT2D eigenvalue weighted by molar-refractivity contribution is 8.00. The Kier molecular flexibility index (Phi) is 7.80. The predicted octanol–water partition coefficient (Wildman–Crippen LogP) is 3.46. The van der Waals surface area contributed by atoms with E-state index in [0.29, 0.717) is 32.0 Å². The molecule has 0 saturated carbocycles. The number of thioether (sulfide) groups is 1. The smallest absolute Gasteiger partial charge is 0.243 e. The SMILES string of the molecule is Cc1ccc(S[C@H](C)C(=O)NCCOc2ccc(S(=O)(=O)N3CCCC3)cc2)cc1. The molecule has 1 aliphatic rings. The molecule has 6 nitrogen and oxygen atoms in total. The van der Waals surface area contributed by atoms with Crippen LogP contribution in [0, 0.1) is 6.92 Å². The summed E-state index contributed by atoms with van der Waals surface area (Å²) in [5.74, 6) is 0.530. The van der Waals surface area contributed by atoms with Crippen LogP contribution in [0.2, 0.25) is 0 Å². The van der Waals surface area contributed by atoms with E-state index in [0.717, 1.165) is 17.7 Å². The van der Waals surface area contributed by atoms with Gasteiger partial charge in [0.05, 0.1) is 16.7 Å². The first kappa shape index (κ1) is 22.7. The van der Waals surface area contributed by atoms with E-state index in [1.807, 2.05) is 38.1 Å². The molecule has 1 heterocycles. The van der Waals surface area contributed by atoms with Crippen molar-refractivity contribution in [3.8, 4) is 5.75 Å². The van der Waals surface area contributed by atoms with Crippen molar-refractivity contribution in [1.29, 1.82) is 0 Å². The molecule has 162 valence electrons. The van der Waals surface area contributed by atoms with E-state index in [-0.39, 0.29) is 16.1 Å². The lowest BCUT2D eigenvalue weighted by molar-refractivity contribution is -0.120. The van der Waals surface area contributed by atoms with Gasteiger partial charge in [0.15, 0.2) is 0 Å². The van der Waals surface area contributed by atoms with Crippen LogP contribution in [-0.2, 0) is 14.8 Å². The summed E-state index contributed by atoms with van der Waals surface area (Å²) < 4.78 is 32.2. The van der Waals surface area contributed by atoms with Crippen LogP contribution in [0.4, 0.5) is 0 Å². The van der Waals surface area contributed by atoms with E-state index < -0.39 is 10.0 Å². The van der Waals surface area contributed by atoms with Crippen LogP contribution in [-0.4, -0.2) is 50.1 Å². The Hall–Kier alpha value is -2.03. The molecule has 0 aromatic heterocycles. The van der Waals surface area contributed by atoms with E-state index in [1.54, 1.807) is 24.3 Å². The molecule has 1 N–H and O–H groups in total. The Morgan fingerprint density at radius 2 is 1.73 bits per heavy atom. The largest absolute Gasteiger partial charge is 0.492 e. The molecule has 0 radical (unpaired) electrons. The zero-order valence-corrected chi connectivity index (χ0v) is 19.0. The molecule has 0 aliphatic carbocycles. The van der Waals surface area contributed by atoms with Gasteiger partial charge >= 0.3 is 0 Å². The fourth-order valence-electron chi connectivity index (χ4n) is 3.15. The van der Waals surface area contributed by atoms with Gasteiger partial charge in [-0.25, -0.2) is 8.42 Å². The second kappa shape index (κ2) is 10.3. The fraction of sp³-hybridized carbons (Fsp3) is 0.409. The lowest BCUT2D eigenvalue weighted by Gasteiger charge is -2.16. The number of carbonyl (C=O) groups is 1. The van der Waals surface area contributed by atoms with Gasteiger partial charge in [0.2, 0.25) is 15.9 Å². The molecule has 2 aromatic rings. The molecule has 0 unspecified atom stereocenters. The van der Waals surface area contributed by atoms with Crippen molar-refractivity contribution >= 4 is 27.7 Å². The molecular formula is C22H28N2O4S2. The summed E-state index contributed by atoms with van der Waals surface area (Å²) in [6.07, 6.45) is 1.82. The number of nitrogens with zero attached hydrogens (tertiary/aromatic N) is 1. The van der Waals surface area contributed by atoms with Gasteiger partial charge in [-0.3, -0.25) is 4.79 Å². The molecule has 1 aliphatic heterocycles. The van der Waals surface area contributed by atoms with Crippen LogP contribution in [0.25, 0.3) is 0 Å². The minimum absolute atomic E-state index is 0.0452. The summed E-state index contributed by atoms with van der Waals surface area (Å²) in [4.78, 5) is 13.6. The Morgan fingerprint density at radius 3 is 2.37 bits per heavy atom. The summed E-state index contributed by atoms with van der Waals surface area (Å²) in [6, 6.07) is 14.5. The zero-order chi connectivity index (χ0) is 21.6. The summed E-state index contributed by atoms with van der Waals surface area (Å²) >= 11 is 1.52. The van der Waals surface area contributed by atoms with E-state index >= 15 is 0 Å². The molecule has 1 atom stereocenters. The maximum atomic E-state index is 12.5. The second-order valence-electron chi connectivity index (χ2n) is 7.30. The fourth-order valence-corrected chi connectivity index (χ4v) is 5.56. The van der Waals surface area contributed by atoms with Crippen LogP contribution in [0.15, 0.2) is 58.3 Å². The normalized spacial score (nSPS) is 15.7. The van der Waals surface area contributed by atoms with Crippen molar-refractivity contribution in [2.24, 2.45) is 0 Å². The number of amides is 1. The van der Waals surface area contributed by atoms with Crippen molar-refractivity contribution in [1.82, 2.24) is 9.62 Å². The van der Waals surface area contributed by atoms with Crippen LogP contribution in [0.5, 0.6) is 5.75 Å². The number of hydrogen-bond acceptors (Lipinski definition) is 5.